The minimum atomic E-state index is -1.25. The number of carbonyl (C=O) groups is 2. The Bertz CT molecular complexity index is 1140. The van der Waals surface area contributed by atoms with Crippen LogP contribution in [0.4, 0.5) is 5.69 Å². The molecule has 1 aliphatic rings. The van der Waals surface area contributed by atoms with Crippen molar-refractivity contribution >= 4 is 23.8 Å². The summed E-state index contributed by atoms with van der Waals surface area (Å²) in [5, 5.41) is 4.25. The maximum atomic E-state index is 12.1. The third-order valence-corrected chi connectivity index (χ3v) is 5.34. The molecule has 0 aliphatic carbocycles. The van der Waals surface area contributed by atoms with Gasteiger partial charge in [-0.15, -0.1) is 0 Å². The second kappa shape index (κ2) is 8.42. The Balaban J connectivity index is 1.49. The largest absolute Gasteiger partial charge is 0.422 e. The van der Waals surface area contributed by atoms with Gasteiger partial charge in [-0.2, -0.15) is 5.10 Å². The number of benzene rings is 2. The fourth-order valence-corrected chi connectivity index (χ4v) is 3.73. The lowest BCUT2D eigenvalue weighted by Crippen LogP contribution is -2.46. The highest BCUT2D eigenvalue weighted by Gasteiger charge is 2.42. The Kier molecular flexibility index (Phi) is 5.65. The zero-order valence-corrected chi connectivity index (χ0v) is 18.5. The molecule has 0 bridgehead atoms. The van der Waals surface area contributed by atoms with Gasteiger partial charge in [0.1, 0.15) is 0 Å². The molecule has 0 unspecified atom stereocenters. The van der Waals surface area contributed by atoms with E-state index >= 15 is 0 Å². The molecule has 3 aromatic rings. The van der Waals surface area contributed by atoms with E-state index in [-0.39, 0.29) is 0 Å². The number of rotatable bonds is 5. The summed E-state index contributed by atoms with van der Waals surface area (Å²) < 4.78 is 12.1. The number of cyclic esters (lactones) is 2. The van der Waals surface area contributed by atoms with E-state index < -0.39 is 23.6 Å². The van der Waals surface area contributed by atoms with Gasteiger partial charge in [0.15, 0.2) is 5.92 Å². The van der Waals surface area contributed by atoms with Crippen molar-refractivity contribution in [1.82, 2.24) is 9.78 Å². The Morgan fingerprint density at radius 3 is 2.25 bits per heavy atom. The van der Waals surface area contributed by atoms with Gasteiger partial charge < -0.3 is 9.47 Å². The van der Waals surface area contributed by atoms with E-state index in [1.54, 1.807) is 6.20 Å². The molecule has 2 aromatic carbocycles. The van der Waals surface area contributed by atoms with Crippen LogP contribution in [0.25, 0.3) is 5.69 Å². The average Bonchev–Trinajstić information content (AvgIpc) is 3.24. The van der Waals surface area contributed by atoms with E-state index in [1.807, 2.05) is 42.9 Å². The lowest BCUT2D eigenvalue weighted by Gasteiger charge is -2.31. The Labute approximate surface area is 186 Å². The van der Waals surface area contributed by atoms with Crippen molar-refractivity contribution in [1.29, 1.82) is 0 Å². The minimum absolute atomic E-state index is 0.654. The first-order chi connectivity index (χ1) is 15.2. The summed E-state index contributed by atoms with van der Waals surface area (Å²) >= 11 is 0. The zero-order valence-electron chi connectivity index (χ0n) is 18.5. The van der Waals surface area contributed by atoms with Crippen LogP contribution in [0.1, 0.15) is 36.1 Å². The molecule has 164 valence electrons. The summed E-state index contributed by atoms with van der Waals surface area (Å²) in [5.74, 6) is -3.71. The minimum Gasteiger partial charge on any atom is -0.422 e. The molecule has 0 radical (unpaired) electrons. The van der Waals surface area contributed by atoms with Crippen LogP contribution in [0.15, 0.2) is 59.9 Å². The molecule has 2 heterocycles. The molecule has 1 fully saturated rings. The van der Waals surface area contributed by atoms with E-state index in [0.29, 0.717) is 5.69 Å². The van der Waals surface area contributed by atoms with Gasteiger partial charge >= 0.3 is 11.9 Å². The van der Waals surface area contributed by atoms with Crippen LogP contribution in [0.2, 0.25) is 0 Å². The number of nitrogens with zero attached hydrogens (tertiary/aromatic N) is 3. The molecule has 0 amide bonds. The molecule has 4 rings (SSSR count). The molecule has 32 heavy (non-hydrogen) atoms. The Morgan fingerprint density at radius 2 is 1.69 bits per heavy atom. The predicted molar refractivity (Wildman–Crippen MR) is 120 cm³/mol. The van der Waals surface area contributed by atoms with Crippen LogP contribution in [0.3, 0.4) is 0 Å². The first kappa shape index (κ1) is 21.5. The van der Waals surface area contributed by atoms with Crippen LogP contribution in [0, 0.1) is 19.8 Å². The number of esters is 2. The van der Waals surface area contributed by atoms with Crippen molar-refractivity contribution in [3.05, 3.63) is 77.1 Å². The fourth-order valence-electron chi connectivity index (χ4n) is 3.73. The highest BCUT2D eigenvalue weighted by molar-refractivity contribution is 6.10. The summed E-state index contributed by atoms with van der Waals surface area (Å²) in [5.41, 5.74) is 6.27. The lowest BCUT2D eigenvalue weighted by molar-refractivity contribution is -0.235. The van der Waals surface area contributed by atoms with Gasteiger partial charge in [0.25, 0.3) is 5.79 Å². The molecular formula is C25H25N3O4. The van der Waals surface area contributed by atoms with Gasteiger partial charge in [0, 0.05) is 32.5 Å². The van der Waals surface area contributed by atoms with Crippen molar-refractivity contribution in [2.75, 3.05) is 0 Å². The molecule has 1 aliphatic heterocycles. The summed E-state index contributed by atoms with van der Waals surface area (Å²) in [6.45, 7) is 7.11. The maximum absolute atomic E-state index is 12.1. The Morgan fingerprint density at radius 1 is 1.06 bits per heavy atom. The number of aliphatic imine (C=N–C) groups is 1. The summed E-state index contributed by atoms with van der Waals surface area (Å²) in [7, 11) is 0. The number of hydrogen-bond donors (Lipinski definition) is 0. The van der Waals surface area contributed by atoms with Crippen LogP contribution in [-0.2, 0) is 25.5 Å². The van der Waals surface area contributed by atoms with Crippen molar-refractivity contribution in [2.45, 2.75) is 39.9 Å². The number of carbonyl (C=O) groups excluding carboxylic acids is 2. The topological polar surface area (TPSA) is 82.8 Å². The van der Waals surface area contributed by atoms with Crippen molar-refractivity contribution in [3.8, 4) is 5.69 Å². The standard InChI is InChI=1S/C25H25N3O4/c1-16-12-19(26-15-22-23(29)31-25(3,4)32-24(22)30)13-17(2)21(16)14-18-6-8-20(9-7-18)28-11-5-10-27-28/h5-13,15,22H,14H2,1-4H3. The van der Waals surface area contributed by atoms with Gasteiger partial charge in [-0.3, -0.25) is 14.6 Å². The number of aryl methyl sites for hydroxylation is 2. The average molecular weight is 431 g/mol. The fraction of sp³-hybridized carbons (Fsp3) is 0.280. The van der Waals surface area contributed by atoms with E-state index in [1.165, 1.54) is 31.2 Å². The first-order valence-corrected chi connectivity index (χ1v) is 10.4. The second-order valence-electron chi connectivity index (χ2n) is 8.35. The normalized spacial score (nSPS) is 16.2. The lowest BCUT2D eigenvalue weighted by atomic mass is 9.95. The van der Waals surface area contributed by atoms with Crippen molar-refractivity contribution in [3.63, 3.8) is 0 Å². The van der Waals surface area contributed by atoms with Gasteiger partial charge in [-0.05, 0) is 72.9 Å². The van der Waals surface area contributed by atoms with Crippen LogP contribution in [-0.4, -0.2) is 33.7 Å². The van der Waals surface area contributed by atoms with Gasteiger partial charge in [0.2, 0.25) is 0 Å². The van der Waals surface area contributed by atoms with Gasteiger partial charge in [0.05, 0.1) is 11.4 Å². The van der Waals surface area contributed by atoms with E-state index in [0.717, 1.165) is 23.2 Å². The van der Waals surface area contributed by atoms with Crippen LogP contribution >= 0.6 is 0 Å². The second-order valence-corrected chi connectivity index (χ2v) is 8.35. The molecule has 1 aromatic heterocycles. The highest BCUT2D eigenvalue weighted by Crippen LogP contribution is 2.26. The molecule has 0 spiro atoms. The maximum Gasteiger partial charge on any atom is 0.329 e. The van der Waals surface area contributed by atoms with E-state index in [4.69, 9.17) is 9.47 Å². The monoisotopic (exact) mass is 431 g/mol. The molecule has 0 atom stereocenters. The third-order valence-electron chi connectivity index (χ3n) is 5.34. The molecule has 7 nitrogen and oxygen atoms in total. The number of ether oxygens (including phenoxy) is 2. The van der Waals surface area contributed by atoms with Gasteiger partial charge in [-0.25, -0.2) is 4.68 Å². The molecular weight excluding hydrogens is 406 g/mol. The first-order valence-electron chi connectivity index (χ1n) is 10.4. The van der Waals surface area contributed by atoms with Crippen molar-refractivity contribution < 1.29 is 19.1 Å². The predicted octanol–water partition coefficient (Wildman–Crippen LogP) is 4.23. The SMILES string of the molecule is Cc1cc(N=CC2C(=O)OC(C)(C)OC2=O)cc(C)c1Cc1ccc(-n2cccn2)cc1. The number of hydrogen-bond acceptors (Lipinski definition) is 6. The number of aromatic nitrogens is 2. The molecule has 0 saturated carbocycles. The van der Waals surface area contributed by atoms with E-state index in [2.05, 4.69) is 34.4 Å². The summed E-state index contributed by atoms with van der Waals surface area (Å²) in [4.78, 5) is 28.6. The highest BCUT2D eigenvalue weighted by atomic mass is 16.7. The van der Waals surface area contributed by atoms with Gasteiger partial charge in [-0.1, -0.05) is 12.1 Å². The molecule has 0 N–H and O–H groups in total. The molecule has 7 heteroatoms. The molecule has 1 saturated heterocycles. The Hall–Kier alpha value is -3.74. The summed E-state index contributed by atoms with van der Waals surface area (Å²) in [6.07, 6.45) is 5.75. The van der Waals surface area contributed by atoms with Crippen LogP contribution < -0.4 is 0 Å². The van der Waals surface area contributed by atoms with E-state index in [9.17, 15) is 9.59 Å². The summed E-state index contributed by atoms with van der Waals surface area (Å²) in [6, 6.07) is 14.1. The quantitative estimate of drug-likeness (QED) is 0.343. The smallest absolute Gasteiger partial charge is 0.329 e. The van der Waals surface area contributed by atoms with Crippen molar-refractivity contribution in [2.24, 2.45) is 10.9 Å². The third kappa shape index (κ3) is 4.61. The zero-order chi connectivity index (χ0) is 22.9. The van der Waals surface area contributed by atoms with Crippen LogP contribution in [0.5, 0.6) is 0 Å².